The van der Waals surface area contributed by atoms with Gasteiger partial charge in [-0.15, -0.1) is 0 Å². The van der Waals surface area contributed by atoms with Crippen molar-refractivity contribution in [1.29, 1.82) is 0 Å². The summed E-state index contributed by atoms with van der Waals surface area (Å²) >= 11 is 0. The molecule has 1 aromatic heterocycles. The Morgan fingerprint density at radius 3 is 2.59 bits per heavy atom. The van der Waals surface area contributed by atoms with E-state index in [1.807, 2.05) is 41.4 Å². The minimum atomic E-state index is 0.0870. The van der Waals surface area contributed by atoms with Gasteiger partial charge in [-0.3, -0.25) is 14.7 Å². The van der Waals surface area contributed by atoms with Crippen molar-refractivity contribution in [3.63, 3.8) is 0 Å². The number of rotatable bonds is 4. The number of amides is 1. The SMILES string of the molecule is O=C(/C=C/c1cccc2ccccc12)N1CCN(Cc2cccnc2)CC1. The summed E-state index contributed by atoms with van der Waals surface area (Å²) in [6, 6.07) is 18.5. The van der Waals surface area contributed by atoms with E-state index < -0.39 is 0 Å². The van der Waals surface area contributed by atoms with Crippen LogP contribution < -0.4 is 0 Å². The third kappa shape index (κ3) is 4.23. The quantitative estimate of drug-likeness (QED) is 0.670. The predicted molar refractivity (Wildman–Crippen MR) is 109 cm³/mol. The van der Waals surface area contributed by atoms with Crippen LogP contribution in [0.5, 0.6) is 0 Å². The lowest BCUT2D eigenvalue weighted by Gasteiger charge is -2.34. The number of carbonyl (C=O) groups is 1. The van der Waals surface area contributed by atoms with Gasteiger partial charge < -0.3 is 4.90 Å². The molecule has 0 radical (unpaired) electrons. The van der Waals surface area contributed by atoms with Crippen LogP contribution in [-0.4, -0.2) is 46.9 Å². The maximum atomic E-state index is 12.6. The van der Waals surface area contributed by atoms with Gasteiger partial charge in [-0.25, -0.2) is 0 Å². The molecule has 0 N–H and O–H groups in total. The summed E-state index contributed by atoms with van der Waals surface area (Å²) in [7, 11) is 0. The Hall–Kier alpha value is -2.98. The molecule has 0 atom stereocenters. The Morgan fingerprint density at radius 1 is 0.963 bits per heavy atom. The highest BCUT2D eigenvalue weighted by atomic mass is 16.2. The van der Waals surface area contributed by atoms with Crippen molar-refractivity contribution in [3.8, 4) is 0 Å². The van der Waals surface area contributed by atoms with Crippen molar-refractivity contribution < 1.29 is 4.79 Å². The monoisotopic (exact) mass is 357 g/mol. The van der Waals surface area contributed by atoms with Gasteiger partial charge in [-0.2, -0.15) is 0 Å². The molecule has 2 heterocycles. The number of piperazine rings is 1. The lowest BCUT2D eigenvalue weighted by atomic mass is 10.0. The highest BCUT2D eigenvalue weighted by Crippen LogP contribution is 2.19. The van der Waals surface area contributed by atoms with E-state index in [1.54, 1.807) is 12.3 Å². The van der Waals surface area contributed by atoms with Crippen molar-refractivity contribution in [2.75, 3.05) is 26.2 Å². The van der Waals surface area contributed by atoms with Crippen LogP contribution in [0.3, 0.4) is 0 Å². The number of carbonyl (C=O) groups excluding carboxylic acids is 1. The van der Waals surface area contributed by atoms with Gasteiger partial charge in [0.05, 0.1) is 0 Å². The Kier molecular flexibility index (Phi) is 5.26. The lowest BCUT2D eigenvalue weighted by molar-refractivity contribution is -0.127. The van der Waals surface area contributed by atoms with E-state index in [0.29, 0.717) is 0 Å². The average molecular weight is 357 g/mol. The smallest absolute Gasteiger partial charge is 0.246 e. The minimum absolute atomic E-state index is 0.0870. The second-order valence-electron chi connectivity index (χ2n) is 6.86. The average Bonchev–Trinajstić information content (AvgIpc) is 2.73. The van der Waals surface area contributed by atoms with Gasteiger partial charge >= 0.3 is 0 Å². The molecule has 4 nitrogen and oxygen atoms in total. The second kappa shape index (κ2) is 8.14. The first-order valence-corrected chi connectivity index (χ1v) is 9.35. The predicted octanol–water partition coefficient (Wildman–Crippen LogP) is 3.59. The molecule has 3 aromatic rings. The second-order valence-corrected chi connectivity index (χ2v) is 6.86. The lowest BCUT2D eigenvalue weighted by Crippen LogP contribution is -2.47. The fourth-order valence-corrected chi connectivity index (χ4v) is 3.54. The molecule has 1 aliphatic rings. The van der Waals surface area contributed by atoms with Crippen molar-refractivity contribution in [2.24, 2.45) is 0 Å². The highest BCUT2D eigenvalue weighted by molar-refractivity contribution is 5.96. The van der Waals surface area contributed by atoms with E-state index in [4.69, 9.17) is 0 Å². The molecule has 0 unspecified atom stereocenters. The third-order valence-electron chi connectivity index (χ3n) is 5.04. The molecule has 0 spiro atoms. The standard InChI is InChI=1S/C23H23N3O/c27-23(11-10-21-8-3-7-20-6-1-2-9-22(20)21)26-15-13-25(14-16-26)18-19-5-4-12-24-17-19/h1-12,17H,13-16,18H2/b11-10+. The van der Waals surface area contributed by atoms with E-state index in [0.717, 1.165) is 38.3 Å². The summed E-state index contributed by atoms with van der Waals surface area (Å²) in [4.78, 5) is 21.1. The van der Waals surface area contributed by atoms with Gasteiger partial charge in [0.2, 0.25) is 5.91 Å². The highest BCUT2D eigenvalue weighted by Gasteiger charge is 2.19. The van der Waals surface area contributed by atoms with Crippen molar-refractivity contribution in [1.82, 2.24) is 14.8 Å². The van der Waals surface area contributed by atoms with Crippen LogP contribution in [0, 0.1) is 0 Å². The van der Waals surface area contributed by atoms with E-state index in [2.05, 4.69) is 40.2 Å². The largest absolute Gasteiger partial charge is 0.337 e. The van der Waals surface area contributed by atoms with Crippen LogP contribution in [0.4, 0.5) is 0 Å². The van der Waals surface area contributed by atoms with Gasteiger partial charge in [-0.1, -0.05) is 48.5 Å². The Labute approximate surface area is 159 Å². The Bertz CT molecular complexity index is 939. The van der Waals surface area contributed by atoms with Gasteiger partial charge in [0.25, 0.3) is 0 Å². The van der Waals surface area contributed by atoms with Gasteiger partial charge in [0.1, 0.15) is 0 Å². The van der Waals surface area contributed by atoms with Crippen LogP contribution in [0.2, 0.25) is 0 Å². The van der Waals surface area contributed by atoms with Crippen LogP contribution in [-0.2, 0) is 11.3 Å². The summed E-state index contributed by atoms with van der Waals surface area (Å²) in [6.07, 6.45) is 7.35. The molecule has 1 amide bonds. The number of pyridine rings is 1. The number of nitrogens with zero attached hydrogens (tertiary/aromatic N) is 3. The van der Waals surface area contributed by atoms with Crippen LogP contribution in [0.15, 0.2) is 73.1 Å². The van der Waals surface area contributed by atoms with E-state index >= 15 is 0 Å². The fourth-order valence-electron chi connectivity index (χ4n) is 3.54. The summed E-state index contributed by atoms with van der Waals surface area (Å²) < 4.78 is 0. The maximum absolute atomic E-state index is 12.6. The zero-order chi connectivity index (χ0) is 18.5. The van der Waals surface area contributed by atoms with Crippen molar-refractivity contribution in [3.05, 3.63) is 84.2 Å². The van der Waals surface area contributed by atoms with Crippen molar-refractivity contribution in [2.45, 2.75) is 6.54 Å². The molecular weight excluding hydrogens is 334 g/mol. The zero-order valence-corrected chi connectivity index (χ0v) is 15.3. The van der Waals surface area contributed by atoms with E-state index in [1.165, 1.54) is 16.3 Å². The molecule has 0 aliphatic carbocycles. The molecule has 1 aliphatic heterocycles. The molecule has 4 rings (SSSR count). The van der Waals surface area contributed by atoms with Gasteiger partial charge in [0, 0.05) is 51.2 Å². The molecular formula is C23H23N3O. The zero-order valence-electron chi connectivity index (χ0n) is 15.3. The van der Waals surface area contributed by atoms with Crippen LogP contribution in [0.1, 0.15) is 11.1 Å². The summed E-state index contributed by atoms with van der Waals surface area (Å²) in [6.45, 7) is 4.20. The Morgan fingerprint density at radius 2 is 1.78 bits per heavy atom. The number of fused-ring (bicyclic) bond motifs is 1. The molecule has 1 fully saturated rings. The fraction of sp³-hybridized carbons (Fsp3) is 0.217. The molecule has 27 heavy (non-hydrogen) atoms. The molecule has 1 saturated heterocycles. The summed E-state index contributed by atoms with van der Waals surface area (Å²) in [5.74, 6) is 0.0870. The van der Waals surface area contributed by atoms with E-state index in [9.17, 15) is 4.79 Å². The first-order chi connectivity index (χ1) is 13.3. The minimum Gasteiger partial charge on any atom is -0.337 e. The first kappa shape index (κ1) is 17.4. The molecule has 136 valence electrons. The van der Waals surface area contributed by atoms with E-state index in [-0.39, 0.29) is 5.91 Å². The molecule has 0 saturated carbocycles. The molecule has 2 aromatic carbocycles. The number of hydrogen-bond donors (Lipinski definition) is 0. The summed E-state index contributed by atoms with van der Waals surface area (Å²) in [5, 5.41) is 2.36. The third-order valence-corrected chi connectivity index (χ3v) is 5.04. The maximum Gasteiger partial charge on any atom is 0.246 e. The number of aromatic nitrogens is 1. The number of hydrogen-bond acceptors (Lipinski definition) is 3. The molecule has 0 bridgehead atoms. The summed E-state index contributed by atoms with van der Waals surface area (Å²) in [5.41, 5.74) is 2.30. The first-order valence-electron chi connectivity index (χ1n) is 9.35. The van der Waals surface area contributed by atoms with Crippen molar-refractivity contribution >= 4 is 22.8 Å². The van der Waals surface area contributed by atoms with Gasteiger partial charge in [0.15, 0.2) is 0 Å². The Balaban J connectivity index is 1.36. The normalized spacial score (nSPS) is 15.5. The topological polar surface area (TPSA) is 36.4 Å². The van der Waals surface area contributed by atoms with Crippen LogP contribution in [0.25, 0.3) is 16.8 Å². The number of benzene rings is 2. The molecule has 4 heteroatoms. The van der Waals surface area contributed by atoms with Crippen LogP contribution >= 0.6 is 0 Å². The van der Waals surface area contributed by atoms with Gasteiger partial charge in [-0.05, 0) is 34.0 Å².